The van der Waals surface area contributed by atoms with Gasteiger partial charge in [0.25, 0.3) is 0 Å². The first-order valence-electron chi connectivity index (χ1n) is 13.3. The number of anilines is 1. The molecule has 0 unspecified atom stereocenters. The number of nitrogens with zero attached hydrogens (tertiary/aromatic N) is 5. The number of halogens is 1. The predicted molar refractivity (Wildman–Crippen MR) is 155 cm³/mol. The SMILES string of the molecule is CC(C)(O)COc1cc(-c2ccc(N3CCC(C)(CC(=O)c4ccccc4Cl)CC3)nc2)c2c(C#N)cnn2c1. The Morgan fingerprint density at radius 2 is 1.95 bits per heavy atom. The Kier molecular flexibility index (Phi) is 7.54. The van der Waals surface area contributed by atoms with E-state index >= 15 is 0 Å². The molecule has 1 N–H and O–H groups in total. The van der Waals surface area contributed by atoms with Crippen LogP contribution in [0.3, 0.4) is 0 Å². The van der Waals surface area contributed by atoms with Crippen LogP contribution in [0.25, 0.3) is 16.6 Å². The van der Waals surface area contributed by atoms with Gasteiger partial charge in [-0.1, -0.05) is 30.7 Å². The van der Waals surface area contributed by atoms with Gasteiger partial charge in [-0.2, -0.15) is 10.4 Å². The standard InChI is InChI=1S/C31H32ClN5O3/c1-30(2,39)20-40-23-14-25(29-22(16-33)18-35-37(29)19-23)21-8-9-28(34-17-21)36-12-10-31(3,11-13-36)15-27(38)24-6-4-5-7-26(24)32/h4-9,14,17-19,39H,10-13,15,20H2,1-3H3. The summed E-state index contributed by atoms with van der Waals surface area (Å²) < 4.78 is 7.45. The van der Waals surface area contributed by atoms with E-state index in [4.69, 9.17) is 21.3 Å². The molecule has 0 spiro atoms. The lowest BCUT2D eigenvalue weighted by atomic mass is 9.75. The van der Waals surface area contributed by atoms with Crippen molar-refractivity contribution < 1.29 is 14.6 Å². The molecular formula is C31H32ClN5O3. The highest BCUT2D eigenvalue weighted by molar-refractivity contribution is 6.33. The molecule has 9 heteroatoms. The summed E-state index contributed by atoms with van der Waals surface area (Å²) in [6.45, 7) is 7.23. The van der Waals surface area contributed by atoms with Gasteiger partial charge in [-0.25, -0.2) is 9.50 Å². The van der Waals surface area contributed by atoms with E-state index < -0.39 is 5.60 Å². The highest BCUT2D eigenvalue weighted by Gasteiger charge is 2.33. The molecule has 0 aliphatic carbocycles. The molecule has 0 amide bonds. The third kappa shape index (κ3) is 5.96. The first-order valence-corrected chi connectivity index (χ1v) is 13.7. The van der Waals surface area contributed by atoms with Gasteiger partial charge in [0.05, 0.1) is 34.1 Å². The Bertz CT molecular complexity index is 1580. The number of nitriles is 1. The van der Waals surface area contributed by atoms with Crippen LogP contribution < -0.4 is 9.64 Å². The fraction of sp³-hybridized carbons (Fsp3) is 0.355. The predicted octanol–water partition coefficient (Wildman–Crippen LogP) is 5.95. The minimum Gasteiger partial charge on any atom is -0.489 e. The molecule has 0 atom stereocenters. The fourth-order valence-electron chi connectivity index (χ4n) is 5.09. The molecule has 4 heterocycles. The number of hydrogen-bond donors (Lipinski definition) is 1. The van der Waals surface area contributed by atoms with Crippen LogP contribution >= 0.6 is 11.6 Å². The Morgan fingerprint density at radius 3 is 2.60 bits per heavy atom. The molecule has 1 aliphatic rings. The van der Waals surface area contributed by atoms with Crippen LogP contribution in [0.5, 0.6) is 5.75 Å². The monoisotopic (exact) mass is 557 g/mol. The molecule has 4 aromatic rings. The highest BCUT2D eigenvalue weighted by atomic mass is 35.5. The molecule has 1 fully saturated rings. The Balaban J connectivity index is 1.32. The van der Waals surface area contributed by atoms with E-state index in [2.05, 4.69) is 23.0 Å². The van der Waals surface area contributed by atoms with Crippen molar-refractivity contribution in [3.63, 3.8) is 0 Å². The molecule has 1 aliphatic heterocycles. The number of fused-ring (bicyclic) bond motifs is 1. The fourth-order valence-corrected chi connectivity index (χ4v) is 5.33. The van der Waals surface area contributed by atoms with Crippen LogP contribution in [-0.4, -0.2) is 50.8 Å². The van der Waals surface area contributed by atoms with Crippen molar-refractivity contribution in [3.05, 3.63) is 77.2 Å². The van der Waals surface area contributed by atoms with E-state index in [1.807, 2.05) is 30.3 Å². The summed E-state index contributed by atoms with van der Waals surface area (Å²) in [6.07, 6.45) is 7.24. The topological polar surface area (TPSA) is 104 Å². The number of aromatic nitrogens is 3. The molecular weight excluding hydrogens is 526 g/mol. The largest absolute Gasteiger partial charge is 0.489 e. The number of carbonyl (C=O) groups is 1. The Labute approximate surface area is 238 Å². The first-order chi connectivity index (χ1) is 19.0. The van der Waals surface area contributed by atoms with Gasteiger partial charge in [0.15, 0.2) is 5.78 Å². The average Bonchev–Trinajstić information content (AvgIpc) is 3.35. The van der Waals surface area contributed by atoms with Gasteiger partial charge < -0.3 is 14.7 Å². The number of aliphatic hydroxyl groups is 1. The third-order valence-corrected chi connectivity index (χ3v) is 7.74. The number of pyridine rings is 2. The highest BCUT2D eigenvalue weighted by Crippen LogP contribution is 2.38. The number of hydrogen-bond acceptors (Lipinski definition) is 7. The second kappa shape index (κ2) is 10.9. The van der Waals surface area contributed by atoms with Crippen LogP contribution in [0.15, 0.2) is 61.1 Å². The van der Waals surface area contributed by atoms with Gasteiger partial charge in [0.1, 0.15) is 24.2 Å². The number of rotatable bonds is 8. The van der Waals surface area contributed by atoms with E-state index in [1.165, 1.54) is 6.20 Å². The van der Waals surface area contributed by atoms with Crippen molar-refractivity contribution in [1.82, 2.24) is 14.6 Å². The number of Topliss-reactive ketones (excluding diaryl/α,β-unsaturated/α-hetero) is 1. The van der Waals surface area contributed by atoms with Crippen molar-refractivity contribution in [2.75, 3.05) is 24.6 Å². The normalized spacial score (nSPS) is 15.2. The molecule has 1 saturated heterocycles. The smallest absolute Gasteiger partial charge is 0.164 e. The van der Waals surface area contributed by atoms with Gasteiger partial charge >= 0.3 is 0 Å². The van der Waals surface area contributed by atoms with E-state index in [1.54, 1.807) is 42.9 Å². The lowest BCUT2D eigenvalue weighted by molar-refractivity contribution is 0.0283. The van der Waals surface area contributed by atoms with Crippen LogP contribution in [-0.2, 0) is 0 Å². The molecule has 8 nitrogen and oxygen atoms in total. The quantitative estimate of drug-likeness (QED) is 0.267. The van der Waals surface area contributed by atoms with Crippen molar-refractivity contribution in [3.8, 4) is 22.9 Å². The van der Waals surface area contributed by atoms with Crippen molar-refractivity contribution >= 4 is 28.7 Å². The van der Waals surface area contributed by atoms with Crippen LogP contribution in [0, 0.1) is 16.7 Å². The third-order valence-electron chi connectivity index (χ3n) is 7.41. The number of ether oxygens (including phenoxy) is 1. The maximum atomic E-state index is 12.9. The van der Waals surface area contributed by atoms with Crippen LogP contribution in [0.4, 0.5) is 5.82 Å². The maximum Gasteiger partial charge on any atom is 0.164 e. The average molecular weight is 558 g/mol. The zero-order chi connectivity index (χ0) is 28.5. The number of benzene rings is 1. The van der Waals surface area contributed by atoms with E-state index in [0.29, 0.717) is 33.8 Å². The lowest BCUT2D eigenvalue weighted by Gasteiger charge is -2.39. The second-order valence-corrected chi connectivity index (χ2v) is 11.8. The first kappa shape index (κ1) is 27.6. The summed E-state index contributed by atoms with van der Waals surface area (Å²) in [5.74, 6) is 1.48. The van der Waals surface area contributed by atoms with Crippen molar-refractivity contribution in [1.29, 1.82) is 5.26 Å². The Hall–Kier alpha value is -3.93. The minimum absolute atomic E-state index is 0.0840. The number of piperidine rings is 1. The summed E-state index contributed by atoms with van der Waals surface area (Å²) >= 11 is 6.25. The number of carbonyl (C=O) groups excluding carboxylic acids is 1. The van der Waals surface area contributed by atoms with Crippen molar-refractivity contribution in [2.24, 2.45) is 5.41 Å². The van der Waals surface area contributed by atoms with Gasteiger partial charge in [-0.15, -0.1) is 0 Å². The summed E-state index contributed by atoms with van der Waals surface area (Å²) in [4.78, 5) is 19.9. The summed E-state index contributed by atoms with van der Waals surface area (Å²) in [6, 6.07) is 15.3. The van der Waals surface area contributed by atoms with Crippen LogP contribution in [0.1, 0.15) is 56.0 Å². The molecule has 5 rings (SSSR count). The number of ketones is 1. The van der Waals surface area contributed by atoms with Gasteiger partial charge in [-0.3, -0.25) is 4.79 Å². The van der Waals surface area contributed by atoms with E-state index in [0.717, 1.165) is 42.9 Å². The molecule has 0 saturated carbocycles. The molecule has 0 bridgehead atoms. The molecule has 40 heavy (non-hydrogen) atoms. The molecule has 206 valence electrons. The van der Waals surface area contributed by atoms with E-state index in [9.17, 15) is 15.2 Å². The zero-order valence-corrected chi connectivity index (χ0v) is 23.6. The lowest BCUT2D eigenvalue weighted by Crippen LogP contribution is -2.40. The van der Waals surface area contributed by atoms with Crippen LogP contribution in [0.2, 0.25) is 5.02 Å². The molecule has 0 radical (unpaired) electrons. The summed E-state index contributed by atoms with van der Waals surface area (Å²) in [7, 11) is 0. The maximum absolute atomic E-state index is 12.9. The summed E-state index contributed by atoms with van der Waals surface area (Å²) in [5.41, 5.74) is 2.22. The minimum atomic E-state index is -0.993. The summed E-state index contributed by atoms with van der Waals surface area (Å²) in [5, 5.41) is 24.6. The Morgan fingerprint density at radius 1 is 1.20 bits per heavy atom. The molecule has 1 aromatic carbocycles. The van der Waals surface area contributed by atoms with Gasteiger partial charge in [-0.05, 0) is 62.4 Å². The molecule has 3 aromatic heterocycles. The van der Waals surface area contributed by atoms with Crippen molar-refractivity contribution in [2.45, 2.75) is 45.6 Å². The zero-order valence-electron chi connectivity index (χ0n) is 22.9. The second-order valence-electron chi connectivity index (χ2n) is 11.4. The van der Waals surface area contributed by atoms with E-state index in [-0.39, 0.29) is 17.8 Å². The van der Waals surface area contributed by atoms with Gasteiger partial charge in [0.2, 0.25) is 0 Å². The van der Waals surface area contributed by atoms with Gasteiger partial charge in [0, 0.05) is 42.4 Å².